The van der Waals surface area contributed by atoms with Crippen LogP contribution in [0, 0.1) is 11.8 Å². The summed E-state index contributed by atoms with van der Waals surface area (Å²) >= 11 is 6.40. The number of rotatable bonds is 4. The monoisotopic (exact) mass is 412 g/mol. The first-order valence-corrected chi connectivity index (χ1v) is 11.1. The molecule has 0 bridgehead atoms. The molecule has 1 N–H and O–H groups in total. The van der Waals surface area contributed by atoms with E-state index in [1.54, 1.807) is 10.6 Å². The van der Waals surface area contributed by atoms with Crippen LogP contribution in [0.1, 0.15) is 50.8 Å². The Morgan fingerprint density at radius 3 is 2.72 bits per heavy atom. The van der Waals surface area contributed by atoms with Crippen molar-refractivity contribution in [2.75, 3.05) is 0 Å². The summed E-state index contributed by atoms with van der Waals surface area (Å²) in [6, 6.07) is 9.50. The van der Waals surface area contributed by atoms with Gasteiger partial charge in [0.1, 0.15) is 6.54 Å². The van der Waals surface area contributed by atoms with Gasteiger partial charge in [-0.15, -0.1) is 0 Å². The molecule has 1 aromatic heterocycles. The molecule has 0 unspecified atom stereocenters. The first-order chi connectivity index (χ1) is 14.0. The molecule has 1 fully saturated rings. The van der Waals surface area contributed by atoms with Crippen LogP contribution in [0.25, 0.3) is 11.1 Å². The van der Waals surface area contributed by atoms with Crippen LogP contribution in [0.4, 0.5) is 0 Å². The summed E-state index contributed by atoms with van der Waals surface area (Å²) in [5.74, 6) is 1.03. The lowest BCUT2D eigenvalue weighted by molar-refractivity contribution is -0.123. The maximum Gasteiger partial charge on any atom is 0.251 e. The molecule has 2 aromatic rings. The Kier molecular flexibility index (Phi) is 5.82. The molecule has 2 aliphatic carbocycles. The fourth-order valence-corrected chi connectivity index (χ4v) is 5.25. The number of nitrogens with one attached hydrogen (secondary N) is 1. The summed E-state index contributed by atoms with van der Waals surface area (Å²) < 4.78 is 1.68. The Labute approximate surface area is 177 Å². The molecule has 1 aromatic carbocycles. The van der Waals surface area contributed by atoms with E-state index in [1.165, 1.54) is 6.42 Å². The Morgan fingerprint density at radius 2 is 1.93 bits per heavy atom. The topological polar surface area (TPSA) is 51.1 Å². The average molecular weight is 413 g/mol. The van der Waals surface area contributed by atoms with Crippen molar-refractivity contribution in [1.82, 2.24) is 9.88 Å². The van der Waals surface area contributed by atoms with Gasteiger partial charge in [-0.25, -0.2) is 0 Å². The quantitative estimate of drug-likeness (QED) is 0.797. The van der Waals surface area contributed by atoms with E-state index in [4.69, 9.17) is 11.6 Å². The fraction of sp³-hybridized carbons (Fsp3) is 0.500. The molecule has 1 heterocycles. The lowest BCUT2D eigenvalue weighted by atomic mass is 9.78. The van der Waals surface area contributed by atoms with Crippen LogP contribution in [-0.4, -0.2) is 16.5 Å². The van der Waals surface area contributed by atoms with Crippen LogP contribution in [0.15, 0.2) is 35.1 Å². The summed E-state index contributed by atoms with van der Waals surface area (Å²) in [4.78, 5) is 25.8. The summed E-state index contributed by atoms with van der Waals surface area (Å²) in [5, 5.41) is 3.85. The first-order valence-electron chi connectivity index (χ1n) is 10.8. The van der Waals surface area contributed by atoms with Gasteiger partial charge in [0.2, 0.25) is 5.91 Å². The van der Waals surface area contributed by atoms with Gasteiger partial charge >= 0.3 is 0 Å². The van der Waals surface area contributed by atoms with Crippen molar-refractivity contribution in [2.45, 2.75) is 65.0 Å². The number of hydrogen-bond acceptors (Lipinski definition) is 2. The molecule has 4 nitrogen and oxygen atoms in total. The van der Waals surface area contributed by atoms with Gasteiger partial charge in [0, 0.05) is 28.4 Å². The largest absolute Gasteiger partial charge is 0.352 e. The molecule has 154 valence electrons. The van der Waals surface area contributed by atoms with Gasteiger partial charge in [-0.3, -0.25) is 9.59 Å². The van der Waals surface area contributed by atoms with Crippen LogP contribution in [0.5, 0.6) is 0 Å². The van der Waals surface area contributed by atoms with Gasteiger partial charge in [-0.2, -0.15) is 0 Å². The van der Waals surface area contributed by atoms with Gasteiger partial charge in [-0.05, 0) is 54.7 Å². The molecule has 29 heavy (non-hydrogen) atoms. The van der Waals surface area contributed by atoms with Gasteiger partial charge in [0.15, 0.2) is 0 Å². The number of nitrogens with zero attached hydrogens (tertiary/aromatic N) is 1. The van der Waals surface area contributed by atoms with Crippen LogP contribution in [0.2, 0.25) is 5.02 Å². The van der Waals surface area contributed by atoms with E-state index in [2.05, 4.69) is 19.2 Å². The number of carbonyl (C=O) groups is 1. The zero-order chi connectivity index (χ0) is 20.5. The number of carbonyl (C=O) groups excluding carboxylic acids is 1. The SMILES string of the molecule is C[C@H]1[C@H](C)CCC[C@H]1NC(=O)Cn1c2c(c(-c3ccccc3Cl)cc1=O)CCC2. The molecule has 5 heteroatoms. The van der Waals surface area contributed by atoms with Gasteiger partial charge in [0.25, 0.3) is 5.56 Å². The van der Waals surface area contributed by atoms with E-state index in [0.29, 0.717) is 16.9 Å². The minimum absolute atomic E-state index is 0.0577. The van der Waals surface area contributed by atoms with E-state index >= 15 is 0 Å². The number of aromatic nitrogens is 1. The summed E-state index contributed by atoms with van der Waals surface area (Å²) in [6.45, 7) is 4.58. The third-order valence-electron chi connectivity index (χ3n) is 6.89. The van der Waals surface area contributed by atoms with E-state index in [0.717, 1.165) is 54.5 Å². The third-order valence-corrected chi connectivity index (χ3v) is 7.22. The highest BCUT2D eigenvalue weighted by Gasteiger charge is 2.29. The molecule has 0 aliphatic heterocycles. The Hall–Kier alpha value is -2.07. The number of benzene rings is 1. The zero-order valence-electron chi connectivity index (χ0n) is 17.2. The first kappa shape index (κ1) is 20.2. The molecule has 3 atom stereocenters. The lowest BCUT2D eigenvalue weighted by Gasteiger charge is -2.34. The highest BCUT2D eigenvalue weighted by Crippen LogP contribution is 2.35. The van der Waals surface area contributed by atoms with Crippen LogP contribution >= 0.6 is 11.6 Å². The van der Waals surface area contributed by atoms with E-state index in [1.807, 2.05) is 24.3 Å². The highest BCUT2D eigenvalue weighted by atomic mass is 35.5. The molecule has 0 radical (unpaired) electrons. The molecule has 0 spiro atoms. The number of pyridine rings is 1. The van der Waals surface area contributed by atoms with Crippen molar-refractivity contribution in [3.63, 3.8) is 0 Å². The number of hydrogen-bond donors (Lipinski definition) is 1. The number of amides is 1. The fourth-order valence-electron chi connectivity index (χ4n) is 5.01. The lowest BCUT2D eigenvalue weighted by Crippen LogP contribution is -2.45. The average Bonchev–Trinajstić information content (AvgIpc) is 3.18. The second-order valence-corrected chi connectivity index (χ2v) is 9.09. The summed E-state index contributed by atoms with van der Waals surface area (Å²) in [7, 11) is 0. The second-order valence-electron chi connectivity index (χ2n) is 8.68. The van der Waals surface area contributed by atoms with E-state index in [-0.39, 0.29) is 24.1 Å². The normalized spacial score (nSPS) is 23.6. The second kappa shape index (κ2) is 8.35. The van der Waals surface area contributed by atoms with E-state index in [9.17, 15) is 9.59 Å². The van der Waals surface area contributed by atoms with Crippen molar-refractivity contribution in [3.05, 3.63) is 57.0 Å². The van der Waals surface area contributed by atoms with E-state index < -0.39 is 0 Å². The maximum atomic E-state index is 13.0. The third kappa shape index (κ3) is 4.00. The summed E-state index contributed by atoms with van der Waals surface area (Å²) in [5.41, 5.74) is 3.84. The molecule has 1 amide bonds. The Morgan fingerprint density at radius 1 is 1.14 bits per heavy atom. The van der Waals surface area contributed by atoms with Crippen molar-refractivity contribution in [1.29, 1.82) is 0 Å². The minimum Gasteiger partial charge on any atom is -0.352 e. The van der Waals surface area contributed by atoms with Crippen molar-refractivity contribution >= 4 is 17.5 Å². The molecule has 1 saturated carbocycles. The number of fused-ring (bicyclic) bond motifs is 1. The molecule has 4 rings (SSSR count). The Balaban J connectivity index is 1.61. The van der Waals surface area contributed by atoms with Gasteiger partial charge in [0.05, 0.1) is 0 Å². The smallest absolute Gasteiger partial charge is 0.251 e. The summed E-state index contributed by atoms with van der Waals surface area (Å²) in [6.07, 6.45) is 6.13. The number of halogens is 1. The zero-order valence-corrected chi connectivity index (χ0v) is 18.0. The van der Waals surface area contributed by atoms with Gasteiger partial charge in [-0.1, -0.05) is 56.5 Å². The van der Waals surface area contributed by atoms with Crippen molar-refractivity contribution in [2.24, 2.45) is 11.8 Å². The molecule has 2 aliphatic rings. The van der Waals surface area contributed by atoms with Crippen LogP contribution in [-0.2, 0) is 24.2 Å². The Bertz CT molecular complexity index is 981. The van der Waals surface area contributed by atoms with Crippen molar-refractivity contribution in [3.8, 4) is 11.1 Å². The van der Waals surface area contributed by atoms with Crippen LogP contribution in [0.3, 0.4) is 0 Å². The van der Waals surface area contributed by atoms with Crippen molar-refractivity contribution < 1.29 is 4.79 Å². The molecular formula is C24H29ClN2O2. The van der Waals surface area contributed by atoms with Crippen LogP contribution < -0.4 is 10.9 Å². The predicted octanol–water partition coefficient (Wildman–Crippen LogP) is 4.60. The minimum atomic E-state index is -0.124. The molecular weight excluding hydrogens is 384 g/mol. The van der Waals surface area contributed by atoms with Gasteiger partial charge < -0.3 is 9.88 Å². The highest BCUT2D eigenvalue weighted by molar-refractivity contribution is 6.33. The molecule has 0 saturated heterocycles. The standard InChI is InChI=1S/C24H29ClN2O2/c1-15-7-5-11-21(16(15)2)26-23(28)14-27-22-12-6-9-18(22)19(13-24(27)29)17-8-3-4-10-20(17)25/h3-4,8,10,13,15-16,21H,5-7,9,11-12,14H2,1-2H3,(H,26,28)/t15-,16+,21-/m1/s1. The maximum absolute atomic E-state index is 13.0. The predicted molar refractivity (Wildman–Crippen MR) is 117 cm³/mol.